The van der Waals surface area contributed by atoms with E-state index >= 15 is 0 Å². The number of hydrogen-bond donors (Lipinski definition) is 1. The summed E-state index contributed by atoms with van der Waals surface area (Å²) in [6.45, 7) is 5.61. The minimum Gasteiger partial charge on any atom is -0.465 e. The zero-order valence-electron chi connectivity index (χ0n) is 10.7. The molecule has 0 atom stereocenters. The number of rotatable bonds is 1. The topological polar surface area (TPSA) is 53.4 Å². The molecule has 0 saturated carbocycles. The Morgan fingerprint density at radius 3 is 2.56 bits per heavy atom. The molecule has 0 bridgehead atoms. The number of aromatic nitrogens is 1. The third kappa shape index (κ3) is 2.14. The maximum atomic E-state index is 11.5. The van der Waals surface area contributed by atoms with Gasteiger partial charge in [-0.2, -0.15) is 0 Å². The highest BCUT2D eigenvalue weighted by atomic mass is 16.4. The van der Waals surface area contributed by atoms with E-state index in [1.807, 2.05) is 51.1 Å². The van der Waals surface area contributed by atoms with Crippen molar-refractivity contribution in [2.45, 2.75) is 26.3 Å². The van der Waals surface area contributed by atoms with Crippen LogP contribution >= 0.6 is 0 Å². The van der Waals surface area contributed by atoms with Crippen molar-refractivity contribution in [3.05, 3.63) is 36.5 Å². The van der Waals surface area contributed by atoms with Gasteiger partial charge in [-0.15, -0.1) is 0 Å². The molecule has 1 aromatic heterocycles. The quantitative estimate of drug-likeness (QED) is 0.835. The predicted molar refractivity (Wildman–Crippen MR) is 72.0 cm³/mol. The van der Waals surface area contributed by atoms with E-state index in [4.69, 9.17) is 0 Å². The number of carbonyl (C=O) groups is 1. The molecule has 0 spiro atoms. The van der Waals surface area contributed by atoms with E-state index in [1.54, 1.807) is 6.20 Å². The molecule has 4 nitrogen and oxygen atoms in total. The van der Waals surface area contributed by atoms with Crippen LogP contribution in [0.25, 0.3) is 10.9 Å². The van der Waals surface area contributed by atoms with E-state index in [9.17, 15) is 9.90 Å². The monoisotopic (exact) mass is 244 g/mol. The van der Waals surface area contributed by atoms with Gasteiger partial charge in [0.15, 0.2) is 0 Å². The number of benzene rings is 1. The number of pyridine rings is 1. The number of hydrogen-bond acceptors (Lipinski definition) is 2. The van der Waals surface area contributed by atoms with Crippen molar-refractivity contribution in [2.24, 2.45) is 0 Å². The third-order valence-corrected chi connectivity index (χ3v) is 2.73. The highest BCUT2D eigenvalue weighted by Crippen LogP contribution is 2.30. The molecule has 1 heterocycles. The highest BCUT2D eigenvalue weighted by Gasteiger charge is 2.28. The van der Waals surface area contributed by atoms with Crippen molar-refractivity contribution in [2.75, 3.05) is 4.90 Å². The van der Waals surface area contributed by atoms with Gasteiger partial charge in [0.1, 0.15) is 0 Å². The molecule has 0 aliphatic carbocycles. The normalized spacial score (nSPS) is 11.5. The summed E-state index contributed by atoms with van der Waals surface area (Å²) in [5, 5.41) is 10.3. The maximum absolute atomic E-state index is 11.5. The largest absolute Gasteiger partial charge is 0.465 e. The van der Waals surface area contributed by atoms with E-state index < -0.39 is 11.6 Å². The second-order valence-electron chi connectivity index (χ2n) is 5.14. The summed E-state index contributed by atoms with van der Waals surface area (Å²) in [5.41, 5.74) is 0.960. The van der Waals surface area contributed by atoms with Gasteiger partial charge in [-0.1, -0.05) is 6.07 Å². The van der Waals surface area contributed by atoms with Crippen LogP contribution in [0.15, 0.2) is 36.5 Å². The summed E-state index contributed by atoms with van der Waals surface area (Å²) < 4.78 is 0. The second-order valence-corrected chi connectivity index (χ2v) is 5.14. The fourth-order valence-corrected chi connectivity index (χ4v) is 2.03. The van der Waals surface area contributed by atoms with E-state index in [1.165, 1.54) is 4.90 Å². The molecule has 2 rings (SSSR count). The first kappa shape index (κ1) is 12.4. The fourth-order valence-electron chi connectivity index (χ4n) is 2.03. The lowest BCUT2D eigenvalue weighted by atomic mass is 10.0. The van der Waals surface area contributed by atoms with Crippen LogP contribution < -0.4 is 4.90 Å². The lowest BCUT2D eigenvalue weighted by Crippen LogP contribution is -2.45. The second kappa shape index (κ2) is 4.29. The van der Waals surface area contributed by atoms with Crippen LogP contribution in [0.5, 0.6) is 0 Å². The Kier molecular flexibility index (Phi) is 2.95. The van der Waals surface area contributed by atoms with Crippen LogP contribution in [0.3, 0.4) is 0 Å². The van der Waals surface area contributed by atoms with Crippen LogP contribution in [0, 0.1) is 0 Å². The molecule has 0 saturated heterocycles. The summed E-state index contributed by atoms with van der Waals surface area (Å²) in [6, 6.07) is 9.21. The summed E-state index contributed by atoms with van der Waals surface area (Å²) in [5.74, 6) is 0. The van der Waals surface area contributed by atoms with Gasteiger partial charge in [0, 0.05) is 17.1 Å². The van der Waals surface area contributed by atoms with Crippen LogP contribution in [0.4, 0.5) is 10.5 Å². The molecule has 0 unspecified atom stereocenters. The van der Waals surface area contributed by atoms with Crippen molar-refractivity contribution >= 4 is 22.7 Å². The third-order valence-electron chi connectivity index (χ3n) is 2.73. The Labute approximate surface area is 106 Å². The molecule has 0 radical (unpaired) electrons. The molecule has 1 aromatic carbocycles. The predicted octanol–water partition coefficient (Wildman–Crippen LogP) is 3.52. The Morgan fingerprint density at radius 2 is 1.94 bits per heavy atom. The summed E-state index contributed by atoms with van der Waals surface area (Å²) in [7, 11) is 0. The van der Waals surface area contributed by atoms with Crippen molar-refractivity contribution in [1.82, 2.24) is 4.98 Å². The van der Waals surface area contributed by atoms with Crippen LogP contribution in [-0.2, 0) is 0 Å². The molecule has 4 heteroatoms. The average molecular weight is 244 g/mol. The molecule has 94 valence electrons. The first-order valence-corrected chi connectivity index (χ1v) is 5.78. The van der Waals surface area contributed by atoms with Gasteiger partial charge in [0.2, 0.25) is 0 Å². The summed E-state index contributed by atoms with van der Waals surface area (Å²) >= 11 is 0. The molecular formula is C14H16N2O2. The van der Waals surface area contributed by atoms with Gasteiger partial charge >= 0.3 is 6.09 Å². The minimum absolute atomic E-state index is 0.504. The van der Waals surface area contributed by atoms with Gasteiger partial charge in [-0.05, 0) is 45.0 Å². The van der Waals surface area contributed by atoms with Crippen LogP contribution in [0.1, 0.15) is 20.8 Å². The van der Waals surface area contributed by atoms with Crippen LogP contribution in [0.2, 0.25) is 0 Å². The highest BCUT2D eigenvalue weighted by molar-refractivity contribution is 6.00. The smallest absolute Gasteiger partial charge is 0.412 e. The first-order chi connectivity index (χ1) is 8.41. The molecule has 18 heavy (non-hydrogen) atoms. The van der Waals surface area contributed by atoms with Gasteiger partial charge in [-0.25, -0.2) is 4.79 Å². The first-order valence-electron chi connectivity index (χ1n) is 5.78. The summed E-state index contributed by atoms with van der Waals surface area (Å²) in [6.07, 6.45) is 0.743. The Balaban J connectivity index is 2.69. The lowest BCUT2D eigenvalue weighted by Gasteiger charge is -2.33. The molecule has 2 aromatic rings. The Bertz CT molecular complexity index is 582. The van der Waals surface area contributed by atoms with Gasteiger partial charge < -0.3 is 5.11 Å². The fraction of sp³-hybridized carbons (Fsp3) is 0.286. The summed E-state index contributed by atoms with van der Waals surface area (Å²) in [4.78, 5) is 17.1. The van der Waals surface area contributed by atoms with E-state index in [-0.39, 0.29) is 0 Å². The number of fused-ring (bicyclic) bond motifs is 1. The SMILES string of the molecule is CC(C)(C)N(C(=O)O)c1cccc2ncccc12. The van der Waals surface area contributed by atoms with Crippen molar-refractivity contribution in [3.63, 3.8) is 0 Å². The Hall–Kier alpha value is -2.10. The van der Waals surface area contributed by atoms with E-state index in [0.717, 1.165) is 10.9 Å². The molecule has 0 fully saturated rings. The maximum Gasteiger partial charge on any atom is 0.412 e. The van der Waals surface area contributed by atoms with E-state index in [0.29, 0.717) is 5.69 Å². The Morgan fingerprint density at radius 1 is 1.22 bits per heavy atom. The zero-order chi connectivity index (χ0) is 13.3. The van der Waals surface area contributed by atoms with Crippen molar-refractivity contribution in [1.29, 1.82) is 0 Å². The zero-order valence-corrected chi connectivity index (χ0v) is 10.7. The molecule has 0 aliphatic rings. The van der Waals surface area contributed by atoms with Gasteiger partial charge in [0.05, 0.1) is 11.2 Å². The van der Waals surface area contributed by atoms with Crippen molar-refractivity contribution in [3.8, 4) is 0 Å². The standard InChI is InChI=1S/C14H16N2O2/c1-14(2,3)16(13(17)18)12-8-4-7-11-10(12)6-5-9-15-11/h4-9H,1-3H3,(H,17,18). The molecular weight excluding hydrogens is 228 g/mol. The van der Waals surface area contributed by atoms with Gasteiger partial charge in [0.25, 0.3) is 0 Å². The van der Waals surface area contributed by atoms with Gasteiger partial charge in [-0.3, -0.25) is 9.88 Å². The van der Waals surface area contributed by atoms with Crippen LogP contribution in [-0.4, -0.2) is 21.7 Å². The minimum atomic E-state index is -0.959. The lowest BCUT2D eigenvalue weighted by molar-refractivity contribution is 0.196. The number of anilines is 1. The van der Waals surface area contributed by atoms with Crippen molar-refractivity contribution < 1.29 is 9.90 Å². The molecule has 1 N–H and O–H groups in total. The number of carboxylic acid groups (broad SMARTS) is 1. The number of amides is 1. The van der Waals surface area contributed by atoms with E-state index in [2.05, 4.69) is 4.98 Å². The molecule has 0 aliphatic heterocycles. The number of nitrogens with zero attached hydrogens (tertiary/aromatic N) is 2. The molecule has 1 amide bonds. The average Bonchev–Trinajstić information content (AvgIpc) is 2.27.